The van der Waals surface area contributed by atoms with Gasteiger partial charge < -0.3 is 4.42 Å². The van der Waals surface area contributed by atoms with Crippen molar-refractivity contribution in [3.8, 4) is 78.7 Å². The van der Waals surface area contributed by atoms with Crippen molar-refractivity contribution in [1.29, 1.82) is 0 Å². The lowest BCUT2D eigenvalue weighted by Crippen LogP contribution is -2.25. The molecule has 4 nitrogen and oxygen atoms in total. The Kier molecular flexibility index (Phi) is 7.49. The minimum absolute atomic E-state index is 0.381. The third kappa shape index (κ3) is 4.98. The molecule has 2 aliphatic carbocycles. The Morgan fingerprint density at radius 1 is 0.290 bits per heavy atom. The molecule has 0 saturated carbocycles. The SMILES string of the molecule is c1ccc(-c2nc(-c3ccc4oc5ccccc5c4c3)nc(-c3ccccc3-c3ccc(-c4cccc5c4-c4ccccc4C54c5ccccc5-c5ccccc54)cc3)n2)cc1. The molecule has 0 N–H and O–H groups in total. The maximum absolute atomic E-state index is 6.16. The highest BCUT2D eigenvalue weighted by Crippen LogP contribution is 2.64. The molecule has 0 fully saturated rings. The summed E-state index contributed by atoms with van der Waals surface area (Å²) >= 11 is 0. The van der Waals surface area contributed by atoms with Crippen molar-refractivity contribution in [2.75, 3.05) is 0 Å². The first-order chi connectivity index (χ1) is 30.7. The fourth-order valence-corrected chi connectivity index (χ4v) is 10.4. The summed E-state index contributed by atoms with van der Waals surface area (Å²) in [6, 6.07) is 75.7. The Morgan fingerprint density at radius 3 is 1.50 bits per heavy atom. The van der Waals surface area contributed by atoms with E-state index in [-0.39, 0.29) is 5.41 Å². The number of rotatable bonds is 5. The number of nitrogens with zero attached hydrogens (tertiary/aromatic N) is 3. The summed E-state index contributed by atoms with van der Waals surface area (Å²) in [5.41, 5.74) is 19.2. The van der Waals surface area contributed by atoms with Crippen molar-refractivity contribution in [2.24, 2.45) is 0 Å². The molecule has 0 amide bonds. The molecule has 1 spiro atoms. The van der Waals surface area contributed by atoms with E-state index in [9.17, 15) is 0 Å². The lowest BCUT2D eigenvalue weighted by molar-refractivity contribution is 0.669. The van der Waals surface area contributed by atoms with Crippen LogP contribution in [0.3, 0.4) is 0 Å². The number of fused-ring (bicyclic) bond motifs is 13. The van der Waals surface area contributed by atoms with Crippen molar-refractivity contribution in [3.63, 3.8) is 0 Å². The van der Waals surface area contributed by atoms with Crippen molar-refractivity contribution < 1.29 is 4.42 Å². The number of hydrogen-bond donors (Lipinski definition) is 0. The van der Waals surface area contributed by atoms with Gasteiger partial charge in [0.2, 0.25) is 0 Å². The minimum atomic E-state index is -0.381. The molecule has 0 bridgehead atoms. The van der Waals surface area contributed by atoms with E-state index in [1.54, 1.807) is 0 Å². The van der Waals surface area contributed by atoms with Crippen molar-refractivity contribution >= 4 is 21.9 Å². The number of para-hydroxylation sites is 1. The van der Waals surface area contributed by atoms with Gasteiger partial charge in [-0.25, -0.2) is 15.0 Å². The van der Waals surface area contributed by atoms with Crippen LogP contribution in [-0.2, 0) is 5.41 Å². The van der Waals surface area contributed by atoms with Gasteiger partial charge in [-0.2, -0.15) is 0 Å². The second kappa shape index (κ2) is 13.4. The molecule has 0 radical (unpaired) electrons. The molecule has 0 atom stereocenters. The van der Waals surface area contributed by atoms with Gasteiger partial charge in [0.05, 0.1) is 5.41 Å². The summed E-state index contributed by atoms with van der Waals surface area (Å²) < 4.78 is 6.16. The van der Waals surface area contributed by atoms with Gasteiger partial charge in [-0.15, -0.1) is 0 Å². The second-order valence-corrected chi connectivity index (χ2v) is 16.2. The molecule has 0 aliphatic heterocycles. The van der Waals surface area contributed by atoms with E-state index in [1.807, 2.05) is 60.7 Å². The predicted molar refractivity (Wildman–Crippen MR) is 251 cm³/mol. The van der Waals surface area contributed by atoms with Gasteiger partial charge in [0.25, 0.3) is 0 Å². The van der Waals surface area contributed by atoms with E-state index in [2.05, 4.69) is 152 Å². The first-order valence-corrected chi connectivity index (χ1v) is 21.1. The maximum atomic E-state index is 6.16. The topological polar surface area (TPSA) is 51.8 Å². The number of aromatic nitrogens is 3. The Hall–Kier alpha value is -8.21. The molecule has 2 heterocycles. The molecule has 62 heavy (non-hydrogen) atoms. The molecule has 0 unspecified atom stereocenters. The number of benzene rings is 9. The Labute approximate surface area is 358 Å². The zero-order valence-electron chi connectivity index (χ0n) is 33.5. The van der Waals surface area contributed by atoms with Gasteiger partial charge in [-0.1, -0.05) is 188 Å². The van der Waals surface area contributed by atoms with E-state index in [1.165, 1.54) is 55.6 Å². The van der Waals surface area contributed by atoms with Gasteiger partial charge in [0.15, 0.2) is 17.5 Å². The standard InChI is InChI=1S/C58H35N3O/c1-2-15-38(16-3-1)55-59-56(39-33-34-53-47(35-39)44-20-9-13-28-52(44)62-53)61-57(60-55)45-21-5-4-17-40(45)36-29-31-37(32-30-36)41-23-14-27-51-54(41)46-22-8-12-26-50(46)58(51)48-24-10-6-18-42(48)43-19-7-11-25-49(43)58/h1-35H. The lowest BCUT2D eigenvalue weighted by atomic mass is 9.70. The normalized spacial score (nSPS) is 13.0. The van der Waals surface area contributed by atoms with Crippen molar-refractivity contribution in [2.45, 2.75) is 5.41 Å². The molecular formula is C58H35N3O. The third-order valence-electron chi connectivity index (χ3n) is 13.0. The smallest absolute Gasteiger partial charge is 0.164 e. The minimum Gasteiger partial charge on any atom is -0.456 e. The van der Waals surface area contributed by atoms with Gasteiger partial charge in [-0.05, 0) is 91.0 Å². The average Bonchev–Trinajstić information content (AvgIpc) is 3.98. The van der Waals surface area contributed by atoms with Crippen LogP contribution in [0.2, 0.25) is 0 Å². The number of furan rings is 1. The molecule has 2 aromatic heterocycles. The molecule has 2 aliphatic rings. The monoisotopic (exact) mass is 789 g/mol. The predicted octanol–water partition coefficient (Wildman–Crippen LogP) is 14.4. The molecular weight excluding hydrogens is 755 g/mol. The molecule has 13 rings (SSSR count). The van der Waals surface area contributed by atoms with Crippen LogP contribution in [0.25, 0.3) is 101 Å². The highest BCUT2D eigenvalue weighted by atomic mass is 16.3. The van der Waals surface area contributed by atoms with Gasteiger partial charge in [-0.3, -0.25) is 0 Å². The maximum Gasteiger partial charge on any atom is 0.164 e. The fraction of sp³-hybridized carbons (Fsp3) is 0.0172. The molecule has 9 aromatic carbocycles. The highest BCUT2D eigenvalue weighted by Gasteiger charge is 2.51. The fourth-order valence-electron chi connectivity index (χ4n) is 10.4. The Morgan fingerprint density at radius 2 is 0.774 bits per heavy atom. The van der Waals surface area contributed by atoms with E-state index >= 15 is 0 Å². The Bertz CT molecular complexity index is 3540. The lowest BCUT2D eigenvalue weighted by Gasteiger charge is -2.30. The third-order valence-corrected chi connectivity index (χ3v) is 13.0. The summed E-state index contributed by atoms with van der Waals surface area (Å²) in [7, 11) is 0. The summed E-state index contributed by atoms with van der Waals surface area (Å²) in [6.07, 6.45) is 0. The first kappa shape index (κ1) is 34.6. The zero-order chi connectivity index (χ0) is 40.8. The van der Waals surface area contributed by atoms with Crippen molar-refractivity contribution in [3.05, 3.63) is 235 Å². The highest BCUT2D eigenvalue weighted by molar-refractivity contribution is 6.06. The van der Waals surface area contributed by atoms with Crippen LogP contribution < -0.4 is 0 Å². The summed E-state index contributed by atoms with van der Waals surface area (Å²) in [5.74, 6) is 1.84. The van der Waals surface area contributed by atoms with Crippen molar-refractivity contribution in [1.82, 2.24) is 15.0 Å². The van der Waals surface area contributed by atoms with Gasteiger partial charge in [0.1, 0.15) is 11.2 Å². The van der Waals surface area contributed by atoms with Crippen LogP contribution in [0.15, 0.2) is 217 Å². The summed E-state index contributed by atoms with van der Waals surface area (Å²) in [5, 5.41) is 2.09. The molecule has 4 heteroatoms. The van der Waals surface area contributed by atoms with Crippen LogP contribution in [0.1, 0.15) is 22.3 Å². The van der Waals surface area contributed by atoms with E-state index < -0.39 is 0 Å². The largest absolute Gasteiger partial charge is 0.456 e. The Balaban J connectivity index is 0.937. The van der Waals surface area contributed by atoms with Crippen LogP contribution in [0.4, 0.5) is 0 Å². The van der Waals surface area contributed by atoms with Crippen LogP contribution >= 0.6 is 0 Å². The van der Waals surface area contributed by atoms with E-state index in [0.717, 1.165) is 49.8 Å². The zero-order valence-corrected chi connectivity index (χ0v) is 33.5. The van der Waals surface area contributed by atoms with Crippen LogP contribution in [0, 0.1) is 0 Å². The van der Waals surface area contributed by atoms with E-state index in [4.69, 9.17) is 19.4 Å². The second-order valence-electron chi connectivity index (χ2n) is 16.2. The first-order valence-electron chi connectivity index (χ1n) is 21.1. The average molecular weight is 790 g/mol. The van der Waals surface area contributed by atoms with E-state index in [0.29, 0.717) is 17.5 Å². The molecule has 288 valence electrons. The number of hydrogen-bond acceptors (Lipinski definition) is 4. The summed E-state index contributed by atoms with van der Waals surface area (Å²) in [6.45, 7) is 0. The molecule has 0 saturated heterocycles. The van der Waals surface area contributed by atoms with Gasteiger partial charge >= 0.3 is 0 Å². The summed E-state index contributed by atoms with van der Waals surface area (Å²) in [4.78, 5) is 15.4. The quantitative estimate of drug-likeness (QED) is 0.174. The van der Waals surface area contributed by atoms with Crippen LogP contribution in [-0.4, -0.2) is 15.0 Å². The van der Waals surface area contributed by atoms with Gasteiger partial charge in [0, 0.05) is 27.5 Å². The molecule has 11 aromatic rings. The van der Waals surface area contributed by atoms with Crippen LogP contribution in [0.5, 0.6) is 0 Å².